The quantitative estimate of drug-likeness (QED) is 0.513. The lowest BCUT2D eigenvalue weighted by atomic mass is 10.0. The van der Waals surface area contributed by atoms with Crippen molar-refractivity contribution in [2.45, 2.75) is 32.5 Å². The number of hydrogen-bond donors (Lipinski definition) is 1. The molecule has 0 radical (unpaired) electrons. The lowest BCUT2D eigenvalue weighted by molar-refractivity contribution is -0.0208. The van der Waals surface area contributed by atoms with Crippen LogP contribution >= 0.6 is 0 Å². The molecule has 0 rings (SSSR count). The third-order valence-electron chi connectivity index (χ3n) is 1.35. The van der Waals surface area contributed by atoms with E-state index >= 15 is 0 Å². The first kappa shape index (κ1) is 8.14. The molecule has 1 atom stereocenters. The minimum atomic E-state index is -0.679. The Kier molecular flexibility index (Phi) is 2.66. The Morgan fingerprint density at radius 2 is 2.00 bits per heavy atom. The van der Waals surface area contributed by atoms with Gasteiger partial charge in [0, 0.05) is 0 Å². The fraction of sp³-hybridized carbons (Fsp3) is 1.00. The molecule has 0 spiro atoms. The van der Waals surface area contributed by atoms with Gasteiger partial charge in [0.25, 0.3) is 0 Å². The van der Waals surface area contributed by atoms with Crippen molar-refractivity contribution in [2.24, 2.45) is 0 Å². The first-order valence-electron chi connectivity index (χ1n) is 2.73. The van der Waals surface area contributed by atoms with E-state index in [1.165, 1.54) is 0 Å². The van der Waals surface area contributed by atoms with Gasteiger partial charge in [-0.3, -0.25) is 0 Å². The van der Waals surface area contributed by atoms with Crippen LogP contribution in [0.1, 0.15) is 20.8 Å². The summed E-state index contributed by atoms with van der Waals surface area (Å²) in [6.45, 7) is 5.36. The van der Waals surface area contributed by atoms with Gasteiger partial charge < -0.3 is 9.53 Å². The van der Waals surface area contributed by atoms with Crippen molar-refractivity contribution in [1.29, 1.82) is 0 Å². The Morgan fingerprint density at radius 1 is 1.62 bits per heavy atom. The molecule has 0 saturated heterocycles. The van der Waals surface area contributed by atoms with Crippen LogP contribution in [0.2, 0.25) is 0 Å². The summed E-state index contributed by atoms with van der Waals surface area (Å²) in [6, 6.07) is 0. The maximum Gasteiger partial charge on any atom is 0.146 e. The second kappa shape index (κ2) is 2.62. The zero-order valence-corrected chi connectivity index (χ0v) is 7.93. The fourth-order valence-corrected chi connectivity index (χ4v) is 0.865. The van der Waals surface area contributed by atoms with Crippen molar-refractivity contribution >= 4 is 10.5 Å². The summed E-state index contributed by atoms with van der Waals surface area (Å²) in [4.78, 5) is 0. The highest BCUT2D eigenvalue weighted by molar-refractivity contribution is 5.98. The molecule has 0 bridgehead atoms. The smallest absolute Gasteiger partial charge is 0.146 e. The van der Waals surface area contributed by atoms with Gasteiger partial charge in [-0.05, 0) is 20.8 Å². The van der Waals surface area contributed by atoms with E-state index in [0.717, 1.165) is 0 Å². The molecule has 0 amide bonds. The molecule has 0 aliphatic rings. The summed E-state index contributed by atoms with van der Waals surface area (Å²) in [7, 11) is 0.694. The maximum absolute atomic E-state index is 9.18. The van der Waals surface area contributed by atoms with Crippen molar-refractivity contribution in [2.75, 3.05) is 0 Å². The van der Waals surface area contributed by atoms with Gasteiger partial charge in [-0.1, -0.05) is 0 Å². The third kappa shape index (κ3) is 2.45. The SMILES string of the molecule is CC(O[SiH3])C(C)(C)O. The average molecular weight is 134 g/mol. The van der Waals surface area contributed by atoms with Crippen LogP contribution in [0.5, 0.6) is 0 Å². The predicted octanol–water partition coefficient (Wildman–Crippen LogP) is -0.557. The van der Waals surface area contributed by atoms with Crippen LogP contribution in [-0.4, -0.2) is 27.3 Å². The Morgan fingerprint density at radius 3 is 2.00 bits per heavy atom. The second-order valence-corrected chi connectivity index (χ2v) is 3.00. The Bertz CT molecular complexity index is 67.3. The van der Waals surface area contributed by atoms with Gasteiger partial charge in [0.15, 0.2) is 0 Å². The molecule has 2 nitrogen and oxygen atoms in total. The van der Waals surface area contributed by atoms with Crippen molar-refractivity contribution in [1.82, 2.24) is 0 Å². The Labute approximate surface area is 53.4 Å². The minimum absolute atomic E-state index is 0.0332. The molecule has 0 aliphatic carbocycles. The molecule has 0 fully saturated rings. The standard InChI is InChI=1S/C5H14O2Si/c1-4(7-8)5(2,3)6/h4,6H,1-3,8H3. The van der Waals surface area contributed by atoms with E-state index < -0.39 is 5.60 Å². The van der Waals surface area contributed by atoms with Gasteiger partial charge in [-0.2, -0.15) is 0 Å². The second-order valence-electron chi connectivity index (χ2n) is 2.53. The van der Waals surface area contributed by atoms with Crippen LogP contribution < -0.4 is 0 Å². The maximum atomic E-state index is 9.18. The number of aliphatic hydroxyl groups is 1. The van der Waals surface area contributed by atoms with Crippen molar-refractivity contribution in [3.05, 3.63) is 0 Å². The highest BCUT2D eigenvalue weighted by Gasteiger charge is 2.20. The van der Waals surface area contributed by atoms with E-state index in [2.05, 4.69) is 0 Å². The normalized spacial score (nSPS) is 16.5. The van der Waals surface area contributed by atoms with E-state index in [1.54, 1.807) is 13.8 Å². The molecular weight excluding hydrogens is 120 g/mol. The van der Waals surface area contributed by atoms with Crippen molar-refractivity contribution < 1.29 is 9.53 Å². The van der Waals surface area contributed by atoms with Gasteiger partial charge >= 0.3 is 0 Å². The van der Waals surface area contributed by atoms with Crippen molar-refractivity contribution in [3.63, 3.8) is 0 Å². The van der Waals surface area contributed by atoms with Gasteiger partial charge in [-0.25, -0.2) is 0 Å². The highest BCUT2D eigenvalue weighted by atomic mass is 28.2. The highest BCUT2D eigenvalue weighted by Crippen LogP contribution is 2.09. The first-order valence-corrected chi connectivity index (χ1v) is 3.55. The molecule has 0 aromatic carbocycles. The molecule has 0 heterocycles. The minimum Gasteiger partial charge on any atom is -0.422 e. The third-order valence-corrected chi connectivity index (χ3v) is 2.06. The lowest BCUT2D eigenvalue weighted by Gasteiger charge is -2.24. The van der Waals surface area contributed by atoms with Crippen LogP contribution in [0, 0.1) is 0 Å². The molecule has 0 aliphatic heterocycles. The topological polar surface area (TPSA) is 29.5 Å². The van der Waals surface area contributed by atoms with Gasteiger partial charge in [0.2, 0.25) is 0 Å². The molecule has 3 heteroatoms. The Balaban J connectivity index is 3.62. The van der Waals surface area contributed by atoms with E-state index in [-0.39, 0.29) is 6.10 Å². The lowest BCUT2D eigenvalue weighted by Crippen LogP contribution is -2.34. The van der Waals surface area contributed by atoms with Gasteiger partial charge in [0.05, 0.1) is 11.7 Å². The summed E-state index contributed by atoms with van der Waals surface area (Å²) < 4.78 is 5.00. The molecule has 1 N–H and O–H groups in total. The van der Waals surface area contributed by atoms with Crippen LogP contribution in [0.25, 0.3) is 0 Å². The Hall–Kier alpha value is 0.137. The molecule has 0 aromatic heterocycles. The predicted molar refractivity (Wildman–Crippen MR) is 36.8 cm³/mol. The molecule has 50 valence electrons. The molecule has 0 aromatic rings. The molecule has 0 saturated carbocycles. The van der Waals surface area contributed by atoms with Crippen LogP contribution in [0.15, 0.2) is 0 Å². The molecule has 1 unspecified atom stereocenters. The summed E-state index contributed by atoms with van der Waals surface area (Å²) in [5.41, 5.74) is -0.679. The fourth-order valence-electron chi connectivity index (χ4n) is 0.288. The van der Waals surface area contributed by atoms with Gasteiger partial charge in [0.1, 0.15) is 10.5 Å². The number of hydrogen-bond acceptors (Lipinski definition) is 2. The molecule has 8 heavy (non-hydrogen) atoms. The average Bonchev–Trinajstić information content (AvgIpc) is 1.62. The van der Waals surface area contributed by atoms with E-state index in [4.69, 9.17) is 4.43 Å². The summed E-state index contributed by atoms with van der Waals surface area (Å²) >= 11 is 0. The first-order chi connectivity index (χ1) is 3.48. The monoisotopic (exact) mass is 134 g/mol. The largest absolute Gasteiger partial charge is 0.422 e. The zero-order valence-electron chi connectivity index (χ0n) is 5.93. The summed E-state index contributed by atoms with van der Waals surface area (Å²) in [5, 5.41) is 9.18. The molecular formula is C5H14O2Si. The van der Waals surface area contributed by atoms with Gasteiger partial charge in [-0.15, -0.1) is 0 Å². The summed E-state index contributed by atoms with van der Waals surface area (Å²) in [5.74, 6) is 0. The van der Waals surface area contributed by atoms with Crippen LogP contribution in [-0.2, 0) is 4.43 Å². The van der Waals surface area contributed by atoms with Crippen LogP contribution in [0.4, 0.5) is 0 Å². The van der Waals surface area contributed by atoms with E-state index in [1.807, 2.05) is 6.92 Å². The summed E-state index contributed by atoms with van der Waals surface area (Å²) in [6.07, 6.45) is -0.0332. The zero-order chi connectivity index (χ0) is 6.78. The van der Waals surface area contributed by atoms with E-state index in [0.29, 0.717) is 10.5 Å². The van der Waals surface area contributed by atoms with E-state index in [9.17, 15) is 5.11 Å². The number of rotatable bonds is 2. The van der Waals surface area contributed by atoms with Crippen LogP contribution in [0.3, 0.4) is 0 Å². The van der Waals surface area contributed by atoms with Crippen molar-refractivity contribution in [3.8, 4) is 0 Å².